The van der Waals surface area contributed by atoms with Crippen molar-refractivity contribution in [2.45, 2.75) is 31.7 Å². The molecule has 2 aromatic rings. The first-order chi connectivity index (χ1) is 8.42. The molecule has 0 saturated heterocycles. The molecule has 0 spiro atoms. The summed E-state index contributed by atoms with van der Waals surface area (Å²) in [5, 5.41) is 9.90. The standard InChI is InChI=1S/C9H13N5O3S/c1-5-8(7(3)17-13-5)18(15,16)14-6(2)9-10-4-11-12-9/h4,6,14H,1-3H3,(H,10,11,12). The van der Waals surface area contributed by atoms with E-state index in [9.17, 15) is 8.42 Å². The van der Waals surface area contributed by atoms with Crippen molar-refractivity contribution in [3.63, 3.8) is 0 Å². The molecule has 98 valence electrons. The van der Waals surface area contributed by atoms with Crippen LogP contribution in [0.25, 0.3) is 0 Å². The Hall–Kier alpha value is -1.74. The molecule has 2 rings (SSSR count). The Morgan fingerprint density at radius 2 is 2.17 bits per heavy atom. The molecule has 2 N–H and O–H groups in total. The van der Waals surface area contributed by atoms with Gasteiger partial charge in [0.15, 0.2) is 5.76 Å². The first-order valence-electron chi connectivity index (χ1n) is 5.22. The van der Waals surface area contributed by atoms with Crippen LogP contribution >= 0.6 is 0 Å². The van der Waals surface area contributed by atoms with Gasteiger partial charge in [-0.15, -0.1) is 0 Å². The number of rotatable bonds is 4. The van der Waals surface area contributed by atoms with Gasteiger partial charge < -0.3 is 4.52 Å². The largest absolute Gasteiger partial charge is 0.360 e. The summed E-state index contributed by atoms with van der Waals surface area (Å²) in [4.78, 5) is 3.96. The molecule has 0 radical (unpaired) electrons. The third-order valence-corrected chi connectivity index (χ3v) is 4.20. The summed E-state index contributed by atoms with van der Waals surface area (Å²) in [6.45, 7) is 4.79. The second kappa shape index (κ2) is 4.50. The van der Waals surface area contributed by atoms with Crippen LogP contribution in [0, 0.1) is 13.8 Å². The van der Waals surface area contributed by atoms with Crippen molar-refractivity contribution in [1.82, 2.24) is 25.1 Å². The van der Waals surface area contributed by atoms with Gasteiger partial charge in [0.25, 0.3) is 0 Å². The minimum Gasteiger partial charge on any atom is -0.360 e. The Morgan fingerprint density at radius 1 is 1.44 bits per heavy atom. The molecule has 0 aliphatic heterocycles. The molecule has 0 fully saturated rings. The molecule has 0 bridgehead atoms. The molecule has 1 atom stereocenters. The third-order valence-electron chi connectivity index (χ3n) is 2.41. The lowest BCUT2D eigenvalue weighted by molar-refractivity contribution is 0.390. The smallest absolute Gasteiger partial charge is 0.246 e. The van der Waals surface area contributed by atoms with Gasteiger partial charge in [0.05, 0.1) is 6.04 Å². The zero-order chi connectivity index (χ0) is 13.3. The second-order valence-corrected chi connectivity index (χ2v) is 5.52. The van der Waals surface area contributed by atoms with E-state index in [2.05, 4.69) is 25.1 Å². The maximum atomic E-state index is 12.2. The molecular formula is C9H13N5O3S. The average molecular weight is 271 g/mol. The van der Waals surface area contributed by atoms with Crippen molar-refractivity contribution >= 4 is 10.0 Å². The molecule has 2 aromatic heterocycles. The molecular weight excluding hydrogens is 258 g/mol. The van der Waals surface area contributed by atoms with E-state index in [1.54, 1.807) is 20.8 Å². The van der Waals surface area contributed by atoms with E-state index in [-0.39, 0.29) is 10.7 Å². The lowest BCUT2D eigenvalue weighted by atomic mass is 10.3. The van der Waals surface area contributed by atoms with Crippen LogP contribution in [0.1, 0.15) is 30.2 Å². The first-order valence-corrected chi connectivity index (χ1v) is 6.70. The molecule has 9 heteroatoms. The normalized spacial score (nSPS) is 13.7. The molecule has 0 aliphatic carbocycles. The number of hydrogen-bond donors (Lipinski definition) is 2. The van der Waals surface area contributed by atoms with E-state index in [4.69, 9.17) is 4.52 Å². The van der Waals surface area contributed by atoms with Crippen LogP contribution in [-0.4, -0.2) is 28.8 Å². The maximum absolute atomic E-state index is 12.2. The van der Waals surface area contributed by atoms with Crippen LogP contribution in [0.4, 0.5) is 0 Å². The first kappa shape index (κ1) is 12.7. The van der Waals surface area contributed by atoms with Crippen LogP contribution in [-0.2, 0) is 10.0 Å². The zero-order valence-electron chi connectivity index (χ0n) is 10.1. The number of hydrogen-bond acceptors (Lipinski definition) is 6. The van der Waals surface area contributed by atoms with Gasteiger partial charge in [0, 0.05) is 0 Å². The predicted molar refractivity (Wildman–Crippen MR) is 61.1 cm³/mol. The Morgan fingerprint density at radius 3 is 2.67 bits per heavy atom. The number of H-pyrrole nitrogens is 1. The van der Waals surface area contributed by atoms with E-state index in [1.165, 1.54) is 6.33 Å². The Kier molecular flexibility index (Phi) is 3.18. The predicted octanol–water partition coefficient (Wildman–Crippen LogP) is 0.449. The molecule has 0 aromatic carbocycles. The molecule has 1 unspecified atom stereocenters. The summed E-state index contributed by atoms with van der Waals surface area (Å²) in [6, 6.07) is -0.522. The number of aromatic nitrogens is 4. The highest BCUT2D eigenvalue weighted by Gasteiger charge is 2.26. The summed E-state index contributed by atoms with van der Waals surface area (Å²) in [7, 11) is -3.70. The van der Waals surface area contributed by atoms with E-state index >= 15 is 0 Å². The highest BCUT2D eigenvalue weighted by Crippen LogP contribution is 2.20. The fourth-order valence-electron chi connectivity index (χ4n) is 1.63. The van der Waals surface area contributed by atoms with Crippen LogP contribution < -0.4 is 4.72 Å². The number of nitrogens with zero attached hydrogens (tertiary/aromatic N) is 3. The van der Waals surface area contributed by atoms with Gasteiger partial charge in [-0.25, -0.2) is 18.1 Å². The van der Waals surface area contributed by atoms with E-state index in [1.807, 2.05) is 0 Å². The SMILES string of the molecule is Cc1noc(C)c1S(=O)(=O)NC(C)c1ncn[nH]1. The van der Waals surface area contributed by atoms with E-state index in [0.717, 1.165) is 0 Å². The molecule has 0 aliphatic rings. The van der Waals surface area contributed by atoms with Gasteiger partial charge in [0.1, 0.15) is 22.7 Å². The number of nitrogens with one attached hydrogen (secondary N) is 2. The van der Waals surface area contributed by atoms with Crippen LogP contribution in [0.15, 0.2) is 15.7 Å². The Bertz CT molecular complexity index is 612. The Balaban J connectivity index is 2.28. The van der Waals surface area contributed by atoms with Crippen molar-refractivity contribution in [2.75, 3.05) is 0 Å². The lowest BCUT2D eigenvalue weighted by Gasteiger charge is -2.11. The highest BCUT2D eigenvalue weighted by atomic mass is 32.2. The maximum Gasteiger partial charge on any atom is 0.246 e. The van der Waals surface area contributed by atoms with Gasteiger partial charge >= 0.3 is 0 Å². The number of aromatic amines is 1. The average Bonchev–Trinajstić information content (AvgIpc) is 2.87. The summed E-state index contributed by atoms with van der Waals surface area (Å²) in [5.74, 6) is 0.690. The molecule has 8 nitrogen and oxygen atoms in total. The third kappa shape index (κ3) is 2.27. The minimum absolute atomic E-state index is 0.0638. The quantitative estimate of drug-likeness (QED) is 0.834. The summed E-state index contributed by atoms with van der Waals surface area (Å²) in [5.41, 5.74) is 0.324. The molecule has 0 amide bonds. The Labute approximate surface area is 104 Å². The fourth-order valence-corrected chi connectivity index (χ4v) is 3.17. The summed E-state index contributed by atoms with van der Waals surface area (Å²) < 4.78 is 31.7. The lowest BCUT2D eigenvalue weighted by Crippen LogP contribution is -2.28. The molecule has 2 heterocycles. The minimum atomic E-state index is -3.70. The van der Waals surface area contributed by atoms with Crippen molar-refractivity contribution < 1.29 is 12.9 Å². The second-order valence-electron chi connectivity index (χ2n) is 3.87. The summed E-state index contributed by atoms with van der Waals surface area (Å²) >= 11 is 0. The van der Waals surface area contributed by atoms with Crippen molar-refractivity contribution in [1.29, 1.82) is 0 Å². The number of aryl methyl sites for hydroxylation is 2. The van der Waals surface area contributed by atoms with Crippen molar-refractivity contribution in [3.05, 3.63) is 23.6 Å². The van der Waals surface area contributed by atoms with Gasteiger partial charge in [-0.3, -0.25) is 5.10 Å². The van der Waals surface area contributed by atoms with Crippen LogP contribution in [0.3, 0.4) is 0 Å². The highest BCUT2D eigenvalue weighted by molar-refractivity contribution is 7.89. The van der Waals surface area contributed by atoms with Gasteiger partial charge in [0.2, 0.25) is 10.0 Å². The molecule has 0 saturated carbocycles. The van der Waals surface area contributed by atoms with Gasteiger partial charge in [-0.2, -0.15) is 5.10 Å². The van der Waals surface area contributed by atoms with Crippen LogP contribution in [0.2, 0.25) is 0 Å². The number of sulfonamides is 1. The molecule has 18 heavy (non-hydrogen) atoms. The van der Waals surface area contributed by atoms with Crippen LogP contribution in [0.5, 0.6) is 0 Å². The summed E-state index contributed by atoms with van der Waals surface area (Å²) in [6.07, 6.45) is 1.32. The van der Waals surface area contributed by atoms with Crippen molar-refractivity contribution in [2.24, 2.45) is 0 Å². The van der Waals surface area contributed by atoms with E-state index < -0.39 is 16.1 Å². The van der Waals surface area contributed by atoms with Gasteiger partial charge in [-0.1, -0.05) is 5.16 Å². The van der Waals surface area contributed by atoms with Crippen molar-refractivity contribution in [3.8, 4) is 0 Å². The monoisotopic (exact) mass is 271 g/mol. The topological polar surface area (TPSA) is 114 Å². The van der Waals surface area contributed by atoms with E-state index in [0.29, 0.717) is 11.5 Å². The fraction of sp³-hybridized carbons (Fsp3) is 0.444. The zero-order valence-corrected chi connectivity index (χ0v) is 10.9. The van der Waals surface area contributed by atoms with Gasteiger partial charge in [-0.05, 0) is 20.8 Å².